The van der Waals surface area contributed by atoms with Crippen LogP contribution in [0.2, 0.25) is 0 Å². The van der Waals surface area contributed by atoms with Gasteiger partial charge in [0.15, 0.2) is 0 Å². The van der Waals surface area contributed by atoms with Gasteiger partial charge in [-0.1, -0.05) is 0 Å². The van der Waals surface area contributed by atoms with E-state index < -0.39 is 0 Å². The highest BCUT2D eigenvalue weighted by atomic mass is 15.3. The van der Waals surface area contributed by atoms with Crippen LogP contribution in [0.15, 0.2) is 24.8 Å². The van der Waals surface area contributed by atoms with Crippen molar-refractivity contribution in [1.82, 2.24) is 24.4 Å². The molecule has 1 saturated heterocycles. The molecule has 0 spiro atoms. The normalized spacial score (nSPS) is 18.3. The van der Waals surface area contributed by atoms with Crippen LogP contribution < -0.4 is 9.80 Å². The summed E-state index contributed by atoms with van der Waals surface area (Å²) in [6, 6.07) is 2.38. The molecule has 0 saturated carbocycles. The molecule has 0 aromatic carbocycles. The van der Waals surface area contributed by atoms with Crippen LogP contribution in [0.4, 0.5) is 11.8 Å². The smallest absolute Gasteiger partial charge is 0.227 e. The van der Waals surface area contributed by atoms with E-state index >= 15 is 0 Å². The topological polar surface area (TPSA) is 53.3 Å². The van der Waals surface area contributed by atoms with Crippen molar-refractivity contribution in [3.63, 3.8) is 0 Å². The number of aryl methyl sites for hydroxylation is 1. The Morgan fingerprint density at radius 3 is 2.83 bits per heavy atom. The zero-order valence-corrected chi connectivity index (χ0v) is 14.3. The Morgan fingerprint density at radius 1 is 1.30 bits per heavy atom. The number of likely N-dealkylation sites (N-methyl/N-ethyl adjacent to an activating group) is 1. The van der Waals surface area contributed by atoms with Gasteiger partial charge < -0.3 is 14.4 Å². The first-order valence-corrected chi connectivity index (χ1v) is 7.95. The van der Waals surface area contributed by atoms with E-state index in [1.165, 1.54) is 5.69 Å². The summed E-state index contributed by atoms with van der Waals surface area (Å²) in [6.45, 7) is 3.06. The van der Waals surface area contributed by atoms with Crippen molar-refractivity contribution in [2.45, 2.75) is 19.0 Å². The van der Waals surface area contributed by atoms with Crippen LogP contribution in [0.25, 0.3) is 0 Å². The summed E-state index contributed by atoms with van der Waals surface area (Å²) in [6.07, 6.45) is 6.76. The molecule has 3 rings (SSSR count). The molecule has 1 aliphatic rings. The fraction of sp³-hybridized carbons (Fsp3) is 0.562. The molecule has 3 heterocycles. The lowest BCUT2D eigenvalue weighted by Gasteiger charge is -2.25. The monoisotopic (exact) mass is 315 g/mol. The van der Waals surface area contributed by atoms with Crippen molar-refractivity contribution in [3.8, 4) is 0 Å². The summed E-state index contributed by atoms with van der Waals surface area (Å²) in [7, 11) is 8.13. The molecule has 1 atom stereocenters. The maximum absolute atomic E-state index is 4.64. The van der Waals surface area contributed by atoms with Gasteiger partial charge in [0.2, 0.25) is 5.95 Å². The van der Waals surface area contributed by atoms with Gasteiger partial charge in [-0.25, -0.2) is 9.97 Å². The molecule has 0 N–H and O–H groups in total. The Bertz CT molecular complexity index is 651. The molecule has 23 heavy (non-hydrogen) atoms. The number of likely N-dealkylation sites (tertiary alicyclic amines) is 1. The maximum atomic E-state index is 4.64. The molecular formula is C16H25N7. The first-order valence-electron chi connectivity index (χ1n) is 7.95. The third-order valence-electron chi connectivity index (χ3n) is 4.50. The van der Waals surface area contributed by atoms with E-state index in [4.69, 9.17) is 0 Å². The average molecular weight is 315 g/mol. The standard InChI is InChI=1S/C16H25N7/c1-20(2)15-5-7-18-16(19-15)22(4)13-6-8-23(10-13)11-14-9-17-12-21(14)3/h5,7,9,12-13H,6,8,10-11H2,1-4H3. The van der Waals surface area contributed by atoms with E-state index in [1.807, 2.05) is 50.8 Å². The predicted molar refractivity (Wildman–Crippen MR) is 91.7 cm³/mol. The van der Waals surface area contributed by atoms with E-state index in [2.05, 4.69) is 36.4 Å². The molecule has 2 aromatic rings. The molecule has 1 unspecified atom stereocenters. The SMILES string of the molecule is CN(C)c1ccnc(N(C)C2CCN(Cc3cncn3C)C2)n1. The molecule has 7 heteroatoms. The highest BCUT2D eigenvalue weighted by Gasteiger charge is 2.27. The first-order chi connectivity index (χ1) is 11.0. The molecule has 0 radical (unpaired) electrons. The second-order valence-electron chi connectivity index (χ2n) is 6.39. The molecule has 2 aromatic heterocycles. The van der Waals surface area contributed by atoms with Gasteiger partial charge in [-0.3, -0.25) is 4.90 Å². The van der Waals surface area contributed by atoms with Crippen molar-refractivity contribution < 1.29 is 0 Å². The average Bonchev–Trinajstić information content (AvgIpc) is 3.17. The number of imidazole rings is 1. The van der Waals surface area contributed by atoms with Gasteiger partial charge in [-0.2, -0.15) is 4.98 Å². The van der Waals surface area contributed by atoms with Gasteiger partial charge in [0.1, 0.15) is 5.82 Å². The lowest BCUT2D eigenvalue weighted by Crippen LogP contribution is -2.35. The van der Waals surface area contributed by atoms with E-state index in [0.29, 0.717) is 6.04 Å². The number of hydrogen-bond donors (Lipinski definition) is 0. The Kier molecular flexibility index (Phi) is 4.47. The van der Waals surface area contributed by atoms with Crippen LogP contribution in [0, 0.1) is 0 Å². The summed E-state index contributed by atoms with van der Waals surface area (Å²) in [5.41, 5.74) is 1.25. The number of rotatable bonds is 5. The molecule has 0 amide bonds. The second kappa shape index (κ2) is 6.54. The number of aromatic nitrogens is 4. The van der Waals surface area contributed by atoms with E-state index in [0.717, 1.165) is 37.8 Å². The van der Waals surface area contributed by atoms with Crippen LogP contribution in [0.1, 0.15) is 12.1 Å². The minimum absolute atomic E-state index is 0.445. The fourth-order valence-electron chi connectivity index (χ4n) is 2.96. The van der Waals surface area contributed by atoms with Crippen LogP contribution in [-0.4, -0.2) is 64.7 Å². The number of anilines is 2. The van der Waals surface area contributed by atoms with Crippen molar-refractivity contribution in [2.75, 3.05) is 44.0 Å². The summed E-state index contributed by atoms with van der Waals surface area (Å²) < 4.78 is 2.08. The zero-order chi connectivity index (χ0) is 16.4. The number of hydrogen-bond acceptors (Lipinski definition) is 6. The summed E-state index contributed by atoms with van der Waals surface area (Å²) in [4.78, 5) is 19.9. The summed E-state index contributed by atoms with van der Waals surface area (Å²) >= 11 is 0. The maximum Gasteiger partial charge on any atom is 0.227 e. The van der Waals surface area contributed by atoms with Gasteiger partial charge in [0.25, 0.3) is 0 Å². The van der Waals surface area contributed by atoms with Gasteiger partial charge in [-0.15, -0.1) is 0 Å². The van der Waals surface area contributed by atoms with Crippen molar-refractivity contribution in [3.05, 3.63) is 30.5 Å². The molecule has 0 bridgehead atoms. The highest BCUT2D eigenvalue weighted by molar-refractivity contribution is 5.42. The lowest BCUT2D eigenvalue weighted by atomic mass is 10.2. The van der Waals surface area contributed by atoms with Gasteiger partial charge in [-0.05, 0) is 12.5 Å². The Hall–Kier alpha value is -2.15. The summed E-state index contributed by atoms with van der Waals surface area (Å²) in [5, 5.41) is 0. The van der Waals surface area contributed by atoms with Crippen molar-refractivity contribution in [2.24, 2.45) is 7.05 Å². The van der Waals surface area contributed by atoms with Crippen LogP contribution in [0.3, 0.4) is 0 Å². The van der Waals surface area contributed by atoms with Crippen molar-refractivity contribution in [1.29, 1.82) is 0 Å². The molecule has 1 fully saturated rings. The van der Waals surface area contributed by atoms with Gasteiger partial charge in [0, 0.05) is 66.3 Å². The minimum Gasteiger partial charge on any atom is -0.363 e. The Balaban J connectivity index is 1.64. The third kappa shape index (κ3) is 3.44. The van der Waals surface area contributed by atoms with E-state index in [1.54, 1.807) is 0 Å². The lowest BCUT2D eigenvalue weighted by molar-refractivity contribution is 0.318. The van der Waals surface area contributed by atoms with Crippen LogP contribution in [-0.2, 0) is 13.6 Å². The van der Waals surface area contributed by atoms with Gasteiger partial charge in [0.05, 0.1) is 12.0 Å². The molecule has 124 valence electrons. The minimum atomic E-state index is 0.445. The third-order valence-corrected chi connectivity index (χ3v) is 4.50. The van der Waals surface area contributed by atoms with E-state index in [-0.39, 0.29) is 0 Å². The number of nitrogens with zero attached hydrogens (tertiary/aromatic N) is 7. The zero-order valence-electron chi connectivity index (χ0n) is 14.3. The predicted octanol–water partition coefficient (Wildman–Crippen LogP) is 0.987. The Morgan fingerprint density at radius 2 is 2.13 bits per heavy atom. The molecule has 0 aliphatic carbocycles. The first kappa shape index (κ1) is 15.7. The van der Waals surface area contributed by atoms with Gasteiger partial charge >= 0.3 is 0 Å². The fourth-order valence-corrected chi connectivity index (χ4v) is 2.96. The summed E-state index contributed by atoms with van der Waals surface area (Å²) in [5.74, 6) is 1.73. The highest BCUT2D eigenvalue weighted by Crippen LogP contribution is 2.21. The van der Waals surface area contributed by atoms with Crippen LogP contribution in [0.5, 0.6) is 0 Å². The Labute approximate surface area is 137 Å². The quantitative estimate of drug-likeness (QED) is 0.820. The van der Waals surface area contributed by atoms with Crippen molar-refractivity contribution >= 4 is 11.8 Å². The van der Waals surface area contributed by atoms with E-state index in [9.17, 15) is 0 Å². The van der Waals surface area contributed by atoms with Crippen LogP contribution >= 0.6 is 0 Å². The largest absolute Gasteiger partial charge is 0.363 e. The molecule has 7 nitrogen and oxygen atoms in total. The molecule has 1 aliphatic heterocycles. The second-order valence-corrected chi connectivity index (χ2v) is 6.39. The molecular weight excluding hydrogens is 290 g/mol.